The van der Waals surface area contributed by atoms with Gasteiger partial charge in [-0.05, 0) is 19.1 Å². The first kappa shape index (κ1) is 23.6. The largest absolute Gasteiger partial charge is 0.748 e. The van der Waals surface area contributed by atoms with E-state index in [9.17, 15) is 9.59 Å². The van der Waals surface area contributed by atoms with Gasteiger partial charge in [-0.1, -0.05) is 17.7 Å². The second-order valence-corrected chi connectivity index (χ2v) is 6.99. The summed E-state index contributed by atoms with van der Waals surface area (Å²) in [5.74, 6) is -0.339. The first-order valence-electron chi connectivity index (χ1n) is 9.76. The van der Waals surface area contributed by atoms with E-state index in [1.807, 2.05) is 85.8 Å². The Labute approximate surface area is 188 Å². The number of hydrogen-bond donors (Lipinski definition) is 1. The van der Waals surface area contributed by atoms with Gasteiger partial charge in [0.2, 0.25) is 11.8 Å². The van der Waals surface area contributed by atoms with E-state index in [4.69, 9.17) is 4.74 Å². The summed E-state index contributed by atoms with van der Waals surface area (Å²) in [6.07, 6.45) is -0.677. The SMILES string of the molecule is Cc1ccc(NC(=O)CC2OCCN(C[c-]3[cH-][cH-][cH-][cH-]3)C2=O)cc1.[Fe].c1cc[cH-]c1. The molecule has 1 aliphatic rings. The number of benzene rings is 1. The summed E-state index contributed by atoms with van der Waals surface area (Å²) in [5, 5.41) is 2.81. The topological polar surface area (TPSA) is 58.6 Å². The van der Waals surface area contributed by atoms with Gasteiger partial charge < -0.3 is 44.8 Å². The van der Waals surface area contributed by atoms with Crippen LogP contribution in [-0.4, -0.2) is 36.0 Å². The molecule has 2 amide bonds. The van der Waals surface area contributed by atoms with E-state index >= 15 is 0 Å². The van der Waals surface area contributed by atoms with Gasteiger partial charge in [0.15, 0.2) is 0 Å². The molecule has 1 atom stereocenters. The third kappa shape index (κ3) is 7.30. The molecule has 1 unspecified atom stereocenters. The molecule has 3 aromatic rings. The maximum atomic E-state index is 12.5. The molecule has 1 heterocycles. The molecule has 0 aliphatic carbocycles. The van der Waals surface area contributed by atoms with Gasteiger partial charge in [0.25, 0.3) is 0 Å². The van der Waals surface area contributed by atoms with Crippen molar-refractivity contribution in [2.24, 2.45) is 0 Å². The zero-order valence-corrected chi connectivity index (χ0v) is 18.0. The summed E-state index contributed by atoms with van der Waals surface area (Å²) in [4.78, 5) is 26.4. The number of carbonyl (C=O) groups is 2. The van der Waals surface area contributed by atoms with Gasteiger partial charge in [0.1, 0.15) is 6.10 Å². The standard InChI is InChI=1S/C19H21N2O3.C5H5.Fe/c1-14-6-8-16(9-7-14)20-18(22)12-17-19(23)21(10-11-24-17)13-15-4-2-3-5-15;1-2-4-5-3-1;/h2-9,17H,10-13H2,1H3,(H,20,22);1-5H;/q-5;-1;. The van der Waals surface area contributed by atoms with Crippen LogP contribution in [0, 0.1) is 6.92 Å². The van der Waals surface area contributed by atoms with Gasteiger partial charge in [-0.15, -0.1) is 6.54 Å². The predicted molar refractivity (Wildman–Crippen MR) is 114 cm³/mol. The smallest absolute Gasteiger partial charge is 0.249 e. The van der Waals surface area contributed by atoms with Crippen LogP contribution in [0.25, 0.3) is 0 Å². The minimum Gasteiger partial charge on any atom is -0.748 e. The monoisotopic (exact) mass is 446 g/mol. The fourth-order valence-corrected chi connectivity index (χ4v) is 3.07. The van der Waals surface area contributed by atoms with Gasteiger partial charge in [-0.3, -0.25) is 9.59 Å². The molecule has 0 bridgehead atoms. The van der Waals surface area contributed by atoms with Crippen molar-refractivity contribution in [2.45, 2.75) is 26.0 Å². The van der Waals surface area contributed by atoms with Crippen LogP contribution >= 0.6 is 0 Å². The van der Waals surface area contributed by atoms with Crippen LogP contribution < -0.4 is 5.32 Å². The summed E-state index contributed by atoms with van der Waals surface area (Å²) in [6.45, 7) is 3.56. The molecule has 1 fully saturated rings. The van der Waals surface area contributed by atoms with Crippen molar-refractivity contribution < 1.29 is 31.4 Å². The number of hydrogen-bond acceptors (Lipinski definition) is 3. The normalized spacial score (nSPS) is 15.6. The Balaban J connectivity index is 0.000000468. The van der Waals surface area contributed by atoms with Crippen LogP contribution in [0.5, 0.6) is 0 Å². The molecule has 1 saturated heterocycles. The van der Waals surface area contributed by atoms with Crippen LogP contribution in [0.15, 0.2) is 78.9 Å². The number of ether oxygens (including phenoxy) is 1. The molecule has 0 spiro atoms. The third-order valence-electron chi connectivity index (χ3n) is 4.63. The summed E-state index contributed by atoms with van der Waals surface area (Å²) in [7, 11) is 0. The molecule has 0 aromatic heterocycles. The molecule has 0 radical (unpaired) electrons. The zero-order valence-electron chi connectivity index (χ0n) is 16.9. The fraction of sp³-hybridized carbons (Fsp3) is 0.250. The van der Waals surface area contributed by atoms with Gasteiger partial charge in [-0.25, -0.2) is 12.1 Å². The Hall–Kier alpha value is -2.66. The van der Waals surface area contributed by atoms with Crippen molar-refractivity contribution in [3.05, 3.63) is 90.0 Å². The van der Waals surface area contributed by atoms with Crippen molar-refractivity contribution in [1.29, 1.82) is 0 Å². The second kappa shape index (κ2) is 12.1. The Morgan fingerprint density at radius 2 is 1.87 bits per heavy atom. The average molecular weight is 446 g/mol. The maximum absolute atomic E-state index is 12.5. The molecular weight excluding hydrogens is 420 g/mol. The molecule has 1 N–H and O–H groups in total. The molecule has 5 nitrogen and oxygen atoms in total. The fourth-order valence-electron chi connectivity index (χ4n) is 3.07. The maximum Gasteiger partial charge on any atom is 0.249 e. The summed E-state index contributed by atoms with van der Waals surface area (Å²) in [6, 6.07) is 25.4. The summed E-state index contributed by atoms with van der Waals surface area (Å²) >= 11 is 0. The van der Waals surface area contributed by atoms with E-state index in [0.29, 0.717) is 19.7 Å². The second-order valence-electron chi connectivity index (χ2n) is 6.99. The molecular formula is C24H26FeN2O3-6. The quantitative estimate of drug-likeness (QED) is 0.478. The molecule has 0 saturated carbocycles. The van der Waals surface area contributed by atoms with E-state index in [2.05, 4.69) is 5.32 Å². The number of aryl methyl sites for hydroxylation is 1. The van der Waals surface area contributed by atoms with Gasteiger partial charge in [0, 0.05) is 29.3 Å². The van der Waals surface area contributed by atoms with Gasteiger partial charge in [0.05, 0.1) is 13.0 Å². The number of carbonyl (C=O) groups excluding carboxylic acids is 2. The zero-order chi connectivity index (χ0) is 20.5. The Kier molecular flexibility index (Phi) is 9.55. The third-order valence-corrected chi connectivity index (χ3v) is 4.63. The minimum absolute atomic E-state index is 0. The minimum atomic E-state index is -0.709. The van der Waals surface area contributed by atoms with Crippen LogP contribution in [0.4, 0.5) is 5.69 Å². The number of rotatable bonds is 5. The number of anilines is 1. The van der Waals surface area contributed by atoms with Gasteiger partial charge in [-0.2, -0.15) is 18.2 Å². The van der Waals surface area contributed by atoms with E-state index in [-0.39, 0.29) is 35.3 Å². The first-order valence-corrected chi connectivity index (χ1v) is 9.76. The molecule has 6 heteroatoms. The summed E-state index contributed by atoms with van der Waals surface area (Å²) < 4.78 is 5.52. The number of amides is 2. The Morgan fingerprint density at radius 1 is 1.20 bits per heavy atom. The number of nitrogens with zero attached hydrogens (tertiary/aromatic N) is 1. The van der Waals surface area contributed by atoms with E-state index in [1.54, 1.807) is 4.90 Å². The van der Waals surface area contributed by atoms with Crippen LogP contribution in [0.3, 0.4) is 0 Å². The Bertz CT molecular complexity index is 857. The summed E-state index contributed by atoms with van der Waals surface area (Å²) in [5.41, 5.74) is 2.94. The van der Waals surface area contributed by atoms with E-state index in [1.165, 1.54) is 0 Å². The van der Waals surface area contributed by atoms with Crippen molar-refractivity contribution in [2.75, 3.05) is 18.5 Å². The van der Waals surface area contributed by atoms with Crippen LogP contribution in [-0.2, 0) is 37.9 Å². The molecule has 1 aliphatic heterocycles. The van der Waals surface area contributed by atoms with Crippen molar-refractivity contribution >= 4 is 17.5 Å². The molecule has 4 rings (SSSR count). The average Bonchev–Trinajstić information content (AvgIpc) is 3.44. The molecule has 30 heavy (non-hydrogen) atoms. The van der Waals surface area contributed by atoms with Crippen molar-refractivity contribution in [1.82, 2.24) is 4.90 Å². The van der Waals surface area contributed by atoms with Crippen LogP contribution in [0.2, 0.25) is 0 Å². The molecule has 3 aromatic carbocycles. The predicted octanol–water partition coefficient (Wildman–Crippen LogP) is 3.87. The molecule has 164 valence electrons. The number of morpholine rings is 1. The van der Waals surface area contributed by atoms with Crippen molar-refractivity contribution in [3.63, 3.8) is 0 Å². The van der Waals surface area contributed by atoms with Gasteiger partial charge >= 0.3 is 0 Å². The van der Waals surface area contributed by atoms with E-state index < -0.39 is 6.10 Å². The van der Waals surface area contributed by atoms with Crippen LogP contribution in [0.1, 0.15) is 17.5 Å². The van der Waals surface area contributed by atoms with Crippen molar-refractivity contribution in [3.8, 4) is 0 Å². The number of nitrogens with one attached hydrogen (secondary N) is 1. The Morgan fingerprint density at radius 3 is 2.47 bits per heavy atom. The first-order chi connectivity index (χ1) is 14.1. The van der Waals surface area contributed by atoms with E-state index in [0.717, 1.165) is 16.8 Å².